The lowest BCUT2D eigenvalue weighted by Crippen LogP contribution is -2.08. The summed E-state index contributed by atoms with van der Waals surface area (Å²) in [7, 11) is 0. The van der Waals surface area contributed by atoms with Crippen molar-refractivity contribution >= 4 is 34.3 Å². The number of ketones is 1. The number of carbonyl (C=O) groups excluding carboxylic acids is 2. The Morgan fingerprint density at radius 2 is 1.93 bits per heavy atom. The van der Waals surface area contributed by atoms with Crippen molar-refractivity contribution in [3.05, 3.63) is 77.1 Å². The van der Waals surface area contributed by atoms with Gasteiger partial charge in [0, 0.05) is 28.5 Å². The summed E-state index contributed by atoms with van der Waals surface area (Å²) in [4.78, 5) is 27.7. The molecule has 0 fully saturated rings. The molecule has 0 amide bonds. The normalized spacial score (nSPS) is 10.9. The molecule has 0 aliphatic carbocycles. The molecule has 2 aromatic heterocycles. The van der Waals surface area contributed by atoms with Gasteiger partial charge in [-0.05, 0) is 36.4 Å². The predicted octanol–water partition coefficient (Wildman–Crippen LogP) is 5.24. The van der Waals surface area contributed by atoms with Crippen molar-refractivity contribution in [2.45, 2.75) is 6.92 Å². The predicted molar refractivity (Wildman–Crippen MR) is 102 cm³/mol. The minimum atomic E-state index is -0.510. The summed E-state index contributed by atoms with van der Waals surface area (Å²) < 4.78 is 10.7. The van der Waals surface area contributed by atoms with Crippen LogP contribution in [0.4, 0.5) is 0 Å². The first-order chi connectivity index (χ1) is 13.0. The van der Waals surface area contributed by atoms with Gasteiger partial charge in [-0.2, -0.15) is 0 Å². The second-order valence-corrected chi connectivity index (χ2v) is 6.44. The van der Waals surface area contributed by atoms with Crippen LogP contribution in [0.5, 0.6) is 5.75 Å². The molecule has 0 spiro atoms. The maximum atomic E-state index is 13.1. The molecule has 134 valence electrons. The SMILES string of the molecule is CC(=O)Oc1c(C(=O)c2cccc(-c3ccco3)c2)[nH]c2cc(Cl)ccc12. The smallest absolute Gasteiger partial charge is 0.308 e. The number of carbonyl (C=O) groups is 2. The first-order valence-corrected chi connectivity index (χ1v) is 8.59. The number of hydrogen-bond donors (Lipinski definition) is 1. The molecule has 1 N–H and O–H groups in total. The number of ether oxygens (including phenoxy) is 1. The van der Waals surface area contributed by atoms with Gasteiger partial charge in [-0.25, -0.2) is 0 Å². The van der Waals surface area contributed by atoms with Crippen LogP contribution in [0.15, 0.2) is 65.3 Å². The number of hydrogen-bond acceptors (Lipinski definition) is 4. The number of benzene rings is 2. The molecule has 27 heavy (non-hydrogen) atoms. The molecular weight excluding hydrogens is 366 g/mol. The number of H-pyrrole nitrogens is 1. The van der Waals surface area contributed by atoms with Gasteiger partial charge in [-0.1, -0.05) is 29.8 Å². The van der Waals surface area contributed by atoms with Crippen molar-refractivity contribution in [2.24, 2.45) is 0 Å². The van der Waals surface area contributed by atoms with Crippen molar-refractivity contribution in [1.29, 1.82) is 0 Å². The average molecular weight is 380 g/mol. The Morgan fingerprint density at radius 1 is 1.07 bits per heavy atom. The van der Waals surface area contributed by atoms with Crippen LogP contribution >= 0.6 is 11.6 Å². The van der Waals surface area contributed by atoms with E-state index in [0.717, 1.165) is 5.56 Å². The van der Waals surface area contributed by atoms with Crippen LogP contribution < -0.4 is 4.74 Å². The van der Waals surface area contributed by atoms with E-state index in [-0.39, 0.29) is 17.2 Å². The van der Waals surface area contributed by atoms with E-state index in [1.54, 1.807) is 48.7 Å². The average Bonchev–Trinajstić information content (AvgIpc) is 3.29. The van der Waals surface area contributed by atoms with Crippen molar-refractivity contribution < 1.29 is 18.7 Å². The van der Waals surface area contributed by atoms with E-state index in [1.807, 2.05) is 12.1 Å². The topological polar surface area (TPSA) is 72.3 Å². The third-order valence-corrected chi connectivity index (χ3v) is 4.35. The molecule has 0 radical (unpaired) electrons. The lowest BCUT2D eigenvalue weighted by atomic mass is 10.0. The van der Waals surface area contributed by atoms with Crippen LogP contribution in [0, 0.1) is 0 Å². The van der Waals surface area contributed by atoms with Crippen molar-refractivity contribution in [3.8, 4) is 17.1 Å². The Morgan fingerprint density at radius 3 is 2.67 bits per heavy atom. The van der Waals surface area contributed by atoms with E-state index < -0.39 is 5.97 Å². The highest BCUT2D eigenvalue weighted by Crippen LogP contribution is 2.34. The van der Waals surface area contributed by atoms with Gasteiger partial charge < -0.3 is 14.1 Å². The lowest BCUT2D eigenvalue weighted by molar-refractivity contribution is -0.131. The molecule has 0 atom stereocenters. The summed E-state index contributed by atoms with van der Waals surface area (Å²) in [6, 6.07) is 15.7. The summed E-state index contributed by atoms with van der Waals surface area (Å²) in [6.07, 6.45) is 1.57. The number of rotatable bonds is 4. The van der Waals surface area contributed by atoms with Gasteiger partial charge in [0.1, 0.15) is 11.5 Å². The van der Waals surface area contributed by atoms with Crippen molar-refractivity contribution in [2.75, 3.05) is 0 Å². The Balaban J connectivity index is 1.83. The van der Waals surface area contributed by atoms with Crippen LogP contribution in [-0.2, 0) is 4.79 Å². The van der Waals surface area contributed by atoms with Crippen LogP contribution in [0.1, 0.15) is 23.0 Å². The van der Waals surface area contributed by atoms with Gasteiger partial charge in [0.25, 0.3) is 0 Å². The standard InChI is InChI=1S/C21H14ClNO4/c1-12(24)27-21-16-8-7-15(22)11-17(16)23-19(21)20(25)14-5-2-4-13(10-14)18-6-3-9-26-18/h2-11,23H,1H3. The van der Waals surface area contributed by atoms with E-state index in [2.05, 4.69) is 4.98 Å². The van der Waals surface area contributed by atoms with Gasteiger partial charge in [0.05, 0.1) is 11.8 Å². The number of aromatic amines is 1. The molecular formula is C21H14ClNO4. The quantitative estimate of drug-likeness (QED) is 0.389. The summed E-state index contributed by atoms with van der Waals surface area (Å²) in [5.74, 6) is 0.0482. The zero-order chi connectivity index (χ0) is 19.0. The number of aromatic nitrogens is 1. The molecule has 0 unspecified atom stereocenters. The maximum Gasteiger partial charge on any atom is 0.308 e. The first-order valence-electron chi connectivity index (χ1n) is 8.21. The number of halogens is 1. The molecule has 4 rings (SSSR count). The minimum Gasteiger partial charge on any atom is -0.464 e. The number of fused-ring (bicyclic) bond motifs is 1. The van der Waals surface area contributed by atoms with E-state index in [9.17, 15) is 9.59 Å². The molecule has 0 saturated heterocycles. The zero-order valence-corrected chi connectivity index (χ0v) is 15.0. The molecule has 6 heteroatoms. The van der Waals surface area contributed by atoms with E-state index in [4.69, 9.17) is 20.8 Å². The van der Waals surface area contributed by atoms with Crippen LogP contribution in [-0.4, -0.2) is 16.7 Å². The number of furan rings is 1. The summed E-state index contributed by atoms with van der Waals surface area (Å²) >= 11 is 6.04. The van der Waals surface area contributed by atoms with E-state index >= 15 is 0 Å². The zero-order valence-electron chi connectivity index (χ0n) is 14.3. The molecule has 0 aliphatic heterocycles. The maximum absolute atomic E-state index is 13.1. The second-order valence-electron chi connectivity index (χ2n) is 6.00. The van der Waals surface area contributed by atoms with Gasteiger partial charge >= 0.3 is 5.97 Å². The van der Waals surface area contributed by atoms with Gasteiger partial charge in [0.2, 0.25) is 5.78 Å². The number of esters is 1. The monoisotopic (exact) mass is 379 g/mol. The van der Waals surface area contributed by atoms with Crippen molar-refractivity contribution in [3.63, 3.8) is 0 Å². The Hall–Kier alpha value is -3.31. The Labute approximate surface area is 159 Å². The fourth-order valence-corrected chi connectivity index (χ4v) is 3.13. The first kappa shape index (κ1) is 17.1. The highest BCUT2D eigenvalue weighted by Gasteiger charge is 2.22. The molecule has 0 aliphatic rings. The van der Waals surface area contributed by atoms with Gasteiger partial charge in [0.15, 0.2) is 5.75 Å². The molecule has 4 aromatic rings. The molecule has 2 heterocycles. The molecule has 0 bridgehead atoms. The van der Waals surface area contributed by atoms with Gasteiger partial charge in [-0.3, -0.25) is 9.59 Å². The summed E-state index contributed by atoms with van der Waals surface area (Å²) in [6.45, 7) is 1.29. The lowest BCUT2D eigenvalue weighted by Gasteiger charge is -2.05. The fraction of sp³-hybridized carbons (Fsp3) is 0.0476. The van der Waals surface area contributed by atoms with E-state index in [0.29, 0.717) is 27.2 Å². The third-order valence-electron chi connectivity index (χ3n) is 4.12. The second kappa shape index (κ2) is 6.78. The van der Waals surface area contributed by atoms with Crippen LogP contribution in [0.25, 0.3) is 22.2 Å². The van der Waals surface area contributed by atoms with Crippen LogP contribution in [0.2, 0.25) is 5.02 Å². The molecule has 0 saturated carbocycles. The third kappa shape index (κ3) is 3.25. The molecule has 5 nitrogen and oxygen atoms in total. The highest BCUT2D eigenvalue weighted by molar-refractivity contribution is 6.31. The van der Waals surface area contributed by atoms with Crippen LogP contribution in [0.3, 0.4) is 0 Å². The number of nitrogens with one attached hydrogen (secondary N) is 1. The van der Waals surface area contributed by atoms with Gasteiger partial charge in [-0.15, -0.1) is 0 Å². The molecule has 2 aromatic carbocycles. The largest absolute Gasteiger partial charge is 0.464 e. The highest BCUT2D eigenvalue weighted by atomic mass is 35.5. The van der Waals surface area contributed by atoms with E-state index in [1.165, 1.54) is 6.92 Å². The van der Waals surface area contributed by atoms with Crippen molar-refractivity contribution in [1.82, 2.24) is 4.98 Å². The summed E-state index contributed by atoms with van der Waals surface area (Å²) in [5, 5.41) is 1.12. The summed E-state index contributed by atoms with van der Waals surface area (Å²) in [5.41, 5.74) is 2.03. The fourth-order valence-electron chi connectivity index (χ4n) is 2.95. The Bertz CT molecular complexity index is 1160. The Kier molecular flexibility index (Phi) is 4.30. The minimum absolute atomic E-state index is 0.194.